The molecule has 0 heterocycles. The third-order valence-electron chi connectivity index (χ3n) is 4.17. The highest BCUT2D eigenvalue weighted by molar-refractivity contribution is 6.14. The summed E-state index contributed by atoms with van der Waals surface area (Å²) in [5.74, 6) is -0.694. The minimum absolute atomic E-state index is 0.343. The Balaban J connectivity index is 2.08. The van der Waals surface area contributed by atoms with Crippen LogP contribution in [0.15, 0.2) is 48.5 Å². The summed E-state index contributed by atoms with van der Waals surface area (Å²) in [6.45, 7) is 5.14. The molecule has 0 aliphatic rings. The average Bonchev–Trinajstić information content (AvgIpc) is 2.57. The summed E-state index contributed by atoms with van der Waals surface area (Å²) in [6, 6.07) is 15.0. The quantitative estimate of drug-likeness (QED) is 0.817. The highest BCUT2D eigenvalue weighted by Crippen LogP contribution is 2.24. The van der Waals surface area contributed by atoms with Gasteiger partial charge in [-0.1, -0.05) is 18.2 Å². The molecule has 0 aromatic heterocycles. The Morgan fingerprint density at radius 3 is 2.00 bits per heavy atom. The number of carbonyl (C=O) groups excluding carboxylic acids is 2. The first-order valence-corrected chi connectivity index (χ1v) is 8.17. The molecule has 0 saturated heterocycles. The summed E-state index contributed by atoms with van der Waals surface area (Å²) in [7, 11) is 3.90. The van der Waals surface area contributed by atoms with E-state index in [-0.39, 0.29) is 11.8 Å². The lowest BCUT2D eigenvalue weighted by Gasteiger charge is -2.23. The molecule has 2 amide bonds. The number of hydrogen-bond donors (Lipinski definition) is 2. The molecule has 5 nitrogen and oxygen atoms in total. The summed E-state index contributed by atoms with van der Waals surface area (Å²) in [4.78, 5) is 27.1. The molecule has 0 atom stereocenters. The van der Waals surface area contributed by atoms with Gasteiger partial charge < -0.3 is 15.5 Å². The fourth-order valence-corrected chi connectivity index (χ4v) is 2.23. The van der Waals surface area contributed by atoms with Gasteiger partial charge in [0.2, 0.25) is 11.8 Å². The van der Waals surface area contributed by atoms with Crippen molar-refractivity contribution in [3.63, 3.8) is 0 Å². The molecular formula is C20H25N3O2. The molecule has 2 rings (SSSR count). The van der Waals surface area contributed by atoms with Gasteiger partial charge >= 0.3 is 0 Å². The average molecular weight is 339 g/mol. The lowest BCUT2D eigenvalue weighted by Crippen LogP contribution is -2.41. The second-order valence-corrected chi connectivity index (χ2v) is 6.79. The predicted molar refractivity (Wildman–Crippen MR) is 103 cm³/mol. The van der Waals surface area contributed by atoms with Gasteiger partial charge in [0.15, 0.2) is 0 Å². The number of aryl methyl sites for hydroxylation is 1. The maximum atomic E-state index is 12.6. The van der Waals surface area contributed by atoms with Gasteiger partial charge in [0.05, 0.1) is 0 Å². The van der Waals surface area contributed by atoms with Crippen LogP contribution in [0.1, 0.15) is 19.4 Å². The molecule has 2 N–H and O–H groups in total. The SMILES string of the molecule is Cc1ccccc1NC(=O)C(C)(C)C(=O)Nc1ccc(N(C)C)cc1. The molecule has 2 aromatic rings. The van der Waals surface area contributed by atoms with Crippen molar-refractivity contribution in [1.82, 2.24) is 0 Å². The Morgan fingerprint density at radius 2 is 1.44 bits per heavy atom. The van der Waals surface area contributed by atoms with Crippen LogP contribution in [-0.4, -0.2) is 25.9 Å². The van der Waals surface area contributed by atoms with E-state index >= 15 is 0 Å². The highest BCUT2D eigenvalue weighted by Gasteiger charge is 2.36. The maximum absolute atomic E-state index is 12.6. The molecule has 0 radical (unpaired) electrons. The standard InChI is InChI=1S/C20H25N3O2/c1-14-8-6-7-9-17(14)22-19(25)20(2,3)18(24)21-15-10-12-16(13-11-15)23(4)5/h6-13H,1-5H3,(H,21,24)(H,22,25). The van der Waals surface area contributed by atoms with E-state index in [0.717, 1.165) is 11.3 Å². The molecular weight excluding hydrogens is 314 g/mol. The van der Waals surface area contributed by atoms with Crippen molar-refractivity contribution in [3.05, 3.63) is 54.1 Å². The van der Waals surface area contributed by atoms with Gasteiger partial charge in [-0.2, -0.15) is 0 Å². The van der Waals surface area contributed by atoms with Crippen LogP contribution in [0.25, 0.3) is 0 Å². The monoisotopic (exact) mass is 339 g/mol. The Labute approximate surface area is 149 Å². The van der Waals surface area contributed by atoms with Gasteiger partial charge in [-0.3, -0.25) is 9.59 Å². The third kappa shape index (κ3) is 4.38. The van der Waals surface area contributed by atoms with E-state index in [9.17, 15) is 9.59 Å². The van der Waals surface area contributed by atoms with Crippen LogP contribution in [0, 0.1) is 12.3 Å². The smallest absolute Gasteiger partial charge is 0.239 e. The first-order valence-electron chi connectivity index (χ1n) is 8.17. The van der Waals surface area contributed by atoms with Gasteiger partial charge in [0.1, 0.15) is 5.41 Å². The number of anilines is 3. The van der Waals surface area contributed by atoms with Crippen molar-refractivity contribution >= 4 is 28.9 Å². The fourth-order valence-electron chi connectivity index (χ4n) is 2.23. The van der Waals surface area contributed by atoms with Crippen molar-refractivity contribution in [2.75, 3.05) is 29.6 Å². The van der Waals surface area contributed by atoms with Crippen LogP contribution in [-0.2, 0) is 9.59 Å². The van der Waals surface area contributed by atoms with Crippen LogP contribution in [0.2, 0.25) is 0 Å². The molecule has 0 spiro atoms. The number of hydrogen-bond acceptors (Lipinski definition) is 3. The van der Waals surface area contributed by atoms with Gasteiger partial charge in [0.25, 0.3) is 0 Å². The molecule has 0 aliphatic carbocycles. The minimum Gasteiger partial charge on any atom is -0.378 e. The van der Waals surface area contributed by atoms with Crippen LogP contribution in [0.3, 0.4) is 0 Å². The number of benzene rings is 2. The van der Waals surface area contributed by atoms with Gasteiger partial charge in [-0.05, 0) is 56.7 Å². The third-order valence-corrected chi connectivity index (χ3v) is 4.17. The number of rotatable bonds is 5. The number of amides is 2. The summed E-state index contributed by atoms with van der Waals surface area (Å²) in [5.41, 5.74) is 2.15. The van der Waals surface area contributed by atoms with Gasteiger partial charge in [0, 0.05) is 31.2 Å². The summed E-state index contributed by atoms with van der Waals surface area (Å²) < 4.78 is 0. The minimum atomic E-state index is -1.21. The number of carbonyl (C=O) groups is 2. The van der Waals surface area contributed by atoms with E-state index in [1.165, 1.54) is 0 Å². The Hall–Kier alpha value is -2.82. The Bertz CT molecular complexity index is 765. The molecule has 0 bridgehead atoms. The maximum Gasteiger partial charge on any atom is 0.239 e. The largest absolute Gasteiger partial charge is 0.378 e. The van der Waals surface area contributed by atoms with Crippen molar-refractivity contribution in [2.45, 2.75) is 20.8 Å². The Kier molecular flexibility index (Phi) is 5.47. The van der Waals surface area contributed by atoms with Crippen LogP contribution in [0.5, 0.6) is 0 Å². The molecule has 132 valence electrons. The molecule has 0 fully saturated rings. The van der Waals surface area contributed by atoms with Crippen molar-refractivity contribution in [2.24, 2.45) is 5.41 Å². The Morgan fingerprint density at radius 1 is 0.880 bits per heavy atom. The molecule has 0 aliphatic heterocycles. The van der Waals surface area contributed by atoms with E-state index in [0.29, 0.717) is 11.4 Å². The van der Waals surface area contributed by atoms with E-state index in [2.05, 4.69) is 10.6 Å². The van der Waals surface area contributed by atoms with E-state index < -0.39 is 5.41 Å². The second kappa shape index (κ2) is 7.38. The molecule has 0 unspecified atom stereocenters. The number of nitrogens with one attached hydrogen (secondary N) is 2. The highest BCUT2D eigenvalue weighted by atomic mass is 16.2. The topological polar surface area (TPSA) is 61.4 Å². The summed E-state index contributed by atoms with van der Waals surface area (Å²) in [5, 5.41) is 5.65. The van der Waals surface area contributed by atoms with E-state index in [1.54, 1.807) is 13.8 Å². The van der Waals surface area contributed by atoms with E-state index in [4.69, 9.17) is 0 Å². The lowest BCUT2D eigenvalue weighted by atomic mass is 9.90. The first kappa shape index (κ1) is 18.5. The van der Waals surface area contributed by atoms with Crippen molar-refractivity contribution in [1.29, 1.82) is 0 Å². The second-order valence-electron chi connectivity index (χ2n) is 6.79. The molecule has 2 aromatic carbocycles. The normalized spacial score (nSPS) is 10.9. The predicted octanol–water partition coefficient (Wildman–Crippen LogP) is 3.66. The molecule has 25 heavy (non-hydrogen) atoms. The fraction of sp³-hybridized carbons (Fsp3) is 0.300. The molecule has 0 saturated carbocycles. The summed E-state index contributed by atoms with van der Waals surface area (Å²) >= 11 is 0. The van der Waals surface area contributed by atoms with Crippen LogP contribution in [0.4, 0.5) is 17.1 Å². The molecule has 5 heteroatoms. The van der Waals surface area contributed by atoms with E-state index in [1.807, 2.05) is 74.4 Å². The van der Waals surface area contributed by atoms with Gasteiger partial charge in [-0.15, -0.1) is 0 Å². The number of para-hydroxylation sites is 1. The van der Waals surface area contributed by atoms with Crippen molar-refractivity contribution in [3.8, 4) is 0 Å². The van der Waals surface area contributed by atoms with Crippen LogP contribution >= 0.6 is 0 Å². The zero-order valence-electron chi connectivity index (χ0n) is 15.4. The first-order chi connectivity index (χ1) is 11.7. The zero-order chi connectivity index (χ0) is 18.6. The number of nitrogens with zero attached hydrogens (tertiary/aromatic N) is 1. The zero-order valence-corrected chi connectivity index (χ0v) is 15.4. The van der Waals surface area contributed by atoms with Crippen LogP contribution < -0.4 is 15.5 Å². The summed E-state index contributed by atoms with van der Waals surface area (Å²) in [6.07, 6.45) is 0. The van der Waals surface area contributed by atoms with Gasteiger partial charge in [-0.25, -0.2) is 0 Å². The van der Waals surface area contributed by atoms with Crippen molar-refractivity contribution < 1.29 is 9.59 Å². The lowest BCUT2D eigenvalue weighted by molar-refractivity contribution is -0.135.